The molecular formula is C26H32O9-2. The van der Waals surface area contributed by atoms with Crippen molar-refractivity contribution in [1.29, 1.82) is 0 Å². The van der Waals surface area contributed by atoms with E-state index in [0.29, 0.717) is 12.8 Å². The molecule has 3 heterocycles. The number of carboxylic acids is 2. The zero-order valence-corrected chi connectivity index (χ0v) is 20.5. The van der Waals surface area contributed by atoms with Crippen molar-refractivity contribution in [3.63, 3.8) is 0 Å². The van der Waals surface area contributed by atoms with Crippen molar-refractivity contribution in [2.24, 2.45) is 22.7 Å². The number of carbonyl (C=O) groups is 3. The van der Waals surface area contributed by atoms with Crippen molar-refractivity contribution in [3.05, 3.63) is 35.3 Å². The first-order valence-electron chi connectivity index (χ1n) is 12.0. The molecular weight excluding hydrogens is 456 g/mol. The molecule has 0 saturated carbocycles. The van der Waals surface area contributed by atoms with Gasteiger partial charge in [0.05, 0.1) is 37.3 Å². The third-order valence-corrected chi connectivity index (χ3v) is 8.81. The number of rotatable bonds is 7. The van der Waals surface area contributed by atoms with Gasteiger partial charge in [-0.25, -0.2) is 0 Å². The lowest BCUT2D eigenvalue weighted by molar-refractivity contribution is -0.309. The number of aliphatic hydroxyl groups excluding tert-OH is 1. The van der Waals surface area contributed by atoms with Gasteiger partial charge >= 0.3 is 5.97 Å². The van der Waals surface area contributed by atoms with Crippen molar-refractivity contribution < 1.29 is 43.6 Å². The van der Waals surface area contributed by atoms with Gasteiger partial charge in [0, 0.05) is 40.7 Å². The van der Waals surface area contributed by atoms with E-state index in [4.69, 9.17) is 13.9 Å². The molecule has 1 aromatic rings. The first kappa shape index (κ1) is 25.4. The quantitative estimate of drug-likeness (QED) is 0.439. The second-order valence-corrected chi connectivity index (χ2v) is 11.0. The van der Waals surface area contributed by atoms with Crippen LogP contribution in [0.2, 0.25) is 0 Å². The maximum absolute atomic E-state index is 12.7. The van der Waals surface area contributed by atoms with E-state index >= 15 is 0 Å². The second kappa shape index (κ2) is 8.78. The third-order valence-electron chi connectivity index (χ3n) is 8.81. The molecule has 6 unspecified atom stereocenters. The van der Waals surface area contributed by atoms with Crippen LogP contribution in [-0.2, 0) is 23.9 Å². The van der Waals surface area contributed by atoms with E-state index in [1.54, 1.807) is 26.2 Å². The minimum atomic E-state index is -1.34. The minimum Gasteiger partial charge on any atom is -0.550 e. The molecule has 1 N–H and O–H groups in total. The van der Waals surface area contributed by atoms with Gasteiger partial charge in [0.1, 0.15) is 6.10 Å². The van der Waals surface area contributed by atoms with Gasteiger partial charge in [0.15, 0.2) is 0 Å². The summed E-state index contributed by atoms with van der Waals surface area (Å²) in [6.45, 7) is 6.86. The first-order chi connectivity index (χ1) is 16.4. The van der Waals surface area contributed by atoms with Crippen molar-refractivity contribution >= 4 is 17.9 Å². The molecule has 35 heavy (non-hydrogen) atoms. The maximum Gasteiger partial charge on any atom is 0.310 e. The fourth-order valence-electron chi connectivity index (χ4n) is 7.29. The molecule has 0 aromatic carbocycles. The molecule has 6 atom stereocenters. The third kappa shape index (κ3) is 3.98. The lowest BCUT2D eigenvalue weighted by Crippen LogP contribution is -2.53. The molecule has 1 aromatic heterocycles. The van der Waals surface area contributed by atoms with Gasteiger partial charge in [-0.05, 0) is 57.6 Å². The number of carbonyl (C=O) groups excluding carboxylic acids is 3. The van der Waals surface area contributed by atoms with Crippen LogP contribution in [0.3, 0.4) is 0 Å². The molecule has 0 radical (unpaired) electrons. The number of hydrogen-bond acceptors (Lipinski definition) is 9. The van der Waals surface area contributed by atoms with E-state index in [1.165, 1.54) is 6.26 Å². The number of cyclic esters (lactones) is 1. The number of ether oxygens (including phenoxy) is 2. The summed E-state index contributed by atoms with van der Waals surface area (Å²) in [6.07, 6.45) is 1.84. The summed E-state index contributed by atoms with van der Waals surface area (Å²) < 4.78 is 17.1. The summed E-state index contributed by atoms with van der Waals surface area (Å²) in [6, 6.07) is 1.77. The summed E-state index contributed by atoms with van der Waals surface area (Å²) in [5, 5.41) is 34.3. The average molecular weight is 489 g/mol. The number of fused-ring (bicyclic) bond motifs is 1. The molecule has 2 fully saturated rings. The van der Waals surface area contributed by atoms with Crippen LogP contribution in [0, 0.1) is 22.7 Å². The molecule has 3 aliphatic rings. The van der Waals surface area contributed by atoms with Crippen molar-refractivity contribution in [2.45, 2.75) is 77.6 Å². The SMILES string of the molecule is CC1=C2CC(=O)OC(c3ccoc3)C2(C)CCC1C1(CO)C(CC(=O)[O-])OC(C)(C)C1CC(=O)[O-]. The Morgan fingerprint density at radius 1 is 1.17 bits per heavy atom. The van der Waals surface area contributed by atoms with Gasteiger partial charge in [-0.2, -0.15) is 0 Å². The highest BCUT2D eigenvalue weighted by Gasteiger charge is 2.64. The Bertz CT molecular complexity index is 1040. The van der Waals surface area contributed by atoms with Crippen LogP contribution in [0.25, 0.3) is 0 Å². The number of hydrogen-bond donors (Lipinski definition) is 1. The standard InChI is InChI=1S/C26H34O9/c1-14-16(5-7-25(4)17(14)9-22(32)34-23(25)15-6-8-33-12-15)26(13-27)18(10-20(28)29)24(2,3)35-19(26)11-21(30)31/h6,8,12,16,18-19,23,27H,5,7,9-11,13H2,1-4H3,(H,28,29)(H,30,31)/p-2. The van der Waals surface area contributed by atoms with Crippen LogP contribution >= 0.6 is 0 Å². The van der Waals surface area contributed by atoms with E-state index in [1.807, 2.05) is 13.8 Å². The van der Waals surface area contributed by atoms with Crippen LogP contribution in [0.4, 0.5) is 0 Å². The number of allylic oxidation sites excluding steroid dienone is 1. The summed E-state index contributed by atoms with van der Waals surface area (Å²) >= 11 is 0. The van der Waals surface area contributed by atoms with Crippen LogP contribution < -0.4 is 10.2 Å². The van der Waals surface area contributed by atoms with Crippen LogP contribution in [0.15, 0.2) is 34.2 Å². The Labute approximate surface area is 204 Å². The maximum atomic E-state index is 12.7. The number of aliphatic hydroxyl groups is 1. The second-order valence-electron chi connectivity index (χ2n) is 11.0. The normalized spacial score (nSPS) is 36.5. The highest BCUT2D eigenvalue weighted by molar-refractivity contribution is 5.75. The van der Waals surface area contributed by atoms with Crippen molar-refractivity contribution in [3.8, 4) is 0 Å². The molecule has 9 nitrogen and oxygen atoms in total. The van der Waals surface area contributed by atoms with Gasteiger partial charge < -0.3 is 38.8 Å². The van der Waals surface area contributed by atoms with E-state index in [-0.39, 0.29) is 12.4 Å². The predicted molar refractivity (Wildman–Crippen MR) is 117 cm³/mol. The Morgan fingerprint density at radius 3 is 2.43 bits per heavy atom. The Kier molecular flexibility index (Phi) is 6.38. The predicted octanol–water partition coefficient (Wildman–Crippen LogP) is 1.05. The summed E-state index contributed by atoms with van der Waals surface area (Å²) in [5.41, 5.74) is -0.318. The van der Waals surface area contributed by atoms with Gasteiger partial charge in [-0.1, -0.05) is 12.5 Å². The number of furan rings is 1. The van der Waals surface area contributed by atoms with Crippen LogP contribution in [0.1, 0.15) is 71.5 Å². The highest BCUT2D eigenvalue weighted by Crippen LogP contribution is 2.64. The Morgan fingerprint density at radius 2 is 1.86 bits per heavy atom. The topological polar surface area (TPSA) is 149 Å². The van der Waals surface area contributed by atoms with Crippen molar-refractivity contribution in [1.82, 2.24) is 0 Å². The van der Waals surface area contributed by atoms with E-state index in [2.05, 4.69) is 0 Å². The molecule has 0 amide bonds. The van der Waals surface area contributed by atoms with E-state index in [9.17, 15) is 29.7 Å². The number of carboxylic acid groups (broad SMARTS) is 2. The summed E-state index contributed by atoms with van der Waals surface area (Å²) in [5.74, 6) is -4.17. The fourth-order valence-corrected chi connectivity index (χ4v) is 7.29. The van der Waals surface area contributed by atoms with Gasteiger partial charge in [-0.15, -0.1) is 0 Å². The Hall–Kier alpha value is -2.65. The first-order valence-corrected chi connectivity index (χ1v) is 12.0. The van der Waals surface area contributed by atoms with Gasteiger partial charge in [0.25, 0.3) is 0 Å². The Balaban J connectivity index is 1.86. The number of aliphatic carboxylic acids is 2. The molecule has 192 valence electrons. The lowest BCUT2D eigenvalue weighted by Gasteiger charge is -2.53. The monoisotopic (exact) mass is 488 g/mol. The van der Waals surface area contributed by atoms with E-state index < -0.39 is 71.9 Å². The molecule has 4 rings (SSSR count). The fraction of sp³-hybridized carbons (Fsp3) is 0.654. The smallest absolute Gasteiger partial charge is 0.310 e. The van der Waals surface area contributed by atoms with Gasteiger partial charge in [-0.3, -0.25) is 4.79 Å². The average Bonchev–Trinajstić information content (AvgIpc) is 3.35. The zero-order valence-electron chi connectivity index (χ0n) is 20.5. The van der Waals surface area contributed by atoms with Crippen molar-refractivity contribution in [2.75, 3.05) is 6.61 Å². The molecule has 2 aliphatic heterocycles. The van der Waals surface area contributed by atoms with Crippen LogP contribution in [0.5, 0.6) is 0 Å². The minimum absolute atomic E-state index is 0.0647. The number of esters is 1. The molecule has 1 aliphatic carbocycles. The molecule has 2 saturated heterocycles. The van der Waals surface area contributed by atoms with Crippen LogP contribution in [-0.4, -0.2) is 41.3 Å². The molecule has 9 heteroatoms. The largest absolute Gasteiger partial charge is 0.550 e. The lowest BCUT2D eigenvalue weighted by atomic mass is 9.52. The molecule has 0 spiro atoms. The zero-order chi connectivity index (χ0) is 25.8. The molecule has 0 bridgehead atoms. The summed E-state index contributed by atoms with van der Waals surface area (Å²) in [7, 11) is 0. The summed E-state index contributed by atoms with van der Waals surface area (Å²) in [4.78, 5) is 36.1. The van der Waals surface area contributed by atoms with Gasteiger partial charge in [0.2, 0.25) is 0 Å². The van der Waals surface area contributed by atoms with E-state index in [0.717, 1.165) is 16.7 Å². The highest BCUT2D eigenvalue weighted by atomic mass is 16.5.